The van der Waals surface area contributed by atoms with Gasteiger partial charge in [-0.25, -0.2) is 4.39 Å². The molecule has 0 spiro atoms. The van der Waals surface area contributed by atoms with Gasteiger partial charge in [-0.2, -0.15) is 0 Å². The number of hydrogen-bond donors (Lipinski definition) is 1. The van der Waals surface area contributed by atoms with Crippen molar-refractivity contribution in [2.24, 2.45) is 0 Å². The standard InChI is InChI=1S/C15H22FNO/c1-3-4-5-6-12-10-14(17-2)13-8-7-11(16)9-15(13)18-12/h7-9,12,14,17H,3-6,10H2,1-2H3. The highest BCUT2D eigenvalue weighted by molar-refractivity contribution is 5.38. The second-order valence-electron chi connectivity index (χ2n) is 4.99. The van der Waals surface area contributed by atoms with Gasteiger partial charge in [0.05, 0.1) is 0 Å². The Hall–Kier alpha value is -1.09. The highest BCUT2D eigenvalue weighted by atomic mass is 19.1. The summed E-state index contributed by atoms with van der Waals surface area (Å²) >= 11 is 0. The second kappa shape index (κ2) is 6.19. The fourth-order valence-electron chi connectivity index (χ4n) is 2.59. The maximum absolute atomic E-state index is 13.3. The molecule has 1 aromatic carbocycles. The quantitative estimate of drug-likeness (QED) is 0.803. The van der Waals surface area contributed by atoms with E-state index in [9.17, 15) is 4.39 Å². The largest absolute Gasteiger partial charge is 0.490 e. The summed E-state index contributed by atoms with van der Waals surface area (Å²) in [6.45, 7) is 2.20. The van der Waals surface area contributed by atoms with Gasteiger partial charge in [-0.05, 0) is 26.0 Å². The Balaban J connectivity index is 2.08. The molecule has 0 fully saturated rings. The van der Waals surface area contributed by atoms with Crippen LogP contribution in [-0.4, -0.2) is 13.2 Å². The fourth-order valence-corrected chi connectivity index (χ4v) is 2.59. The molecule has 3 heteroatoms. The monoisotopic (exact) mass is 251 g/mol. The molecule has 0 aliphatic carbocycles. The molecule has 1 N–H and O–H groups in total. The molecule has 2 unspecified atom stereocenters. The van der Waals surface area contributed by atoms with Crippen molar-refractivity contribution in [1.29, 1.82) is 0 Å². The first kappa shape index (κ1) is 13.3. The van der Waals surface area contributed by atoms with E-state index in [0.29, 0.717) is 5.75 Å². The number of nitrogens with one attached hydrogen (secondary N) is 1. The number of hydrogen-bond acceptors (Lipinski definition) is 2. The summed E-state index contributed by atoms with van der Waals surface area (Å²) in [5.74, 6) is 0.486. The third-order valence-corrected chi connectivity index (χ3v) is 3.62. The van der Waals surface area contributed by atoms with Gasteiger partial charge in [-0.1, -0.05) is 25.8 Å². The molecule has 2 atom stereocenters. The minimum atomic E-state index is -0.224. The Labute approximate surface area is 109 Å². The highest BCUT2D eigenvalue weighted by Gasteiger charge is 2.27. The zero-order chi connectivity index (χ0) is 13.0. The van der Waals surface area contributed by atoms with Gasteiger partial charge in [0.2, 0.25) is 0 Å². The van der Waals surface area contributed by atoms with Crippen molar-refractivity contribution in [2.75, 3.05) is 7.05 Å². The van der Waals surface area contributed by atoms with Crippen LogP contribution in [0.1, 0.15) is 50.6 Å². The van der Waals surface area contributed by atoms with Gasteiger partial charge in [0.15, 0.2) is 0 Å². The second-order valence-corrected chi connectivity index (χ2v) is 4.99. The fraction of sp³-hybridized carbons (Fsp3) is 0.600. The van der Waals surface area contributed by atoms with Crippen LogP contribution < -0.4 is 10.1 Å². The van der Waals surface area contributed by atoms with E-state index >= 15 is 0 Å². The maximum atomic E-state index is 13.3. The Bertz CT molecular complexity index is 394. The van der Waals surface area contributed by atoms with Gasteiger partial charge in [-0.3, -0.25) is 0 Å². The summed E-state index contributed by atoms with van der Waals surface area (Å²) < 4.78 is 19.2. The van der Waals surface area contributed by atoms with Crippen LogP contribution in [0.3, 0.4) is 0 Å². The van der Waals surface area contributed by atoms with Crippen LogP contribution in [0.15, 0.2) is 18.2 Å². The third kappa shape index (κ3) is 3.02. The highest BCUT2D eigenvalue weighted by Crippen LogP contribution is 2.36. The molecule has 18 heavy (non-hydrogen) atoms. The first-order valence-corrected chi connectivity index (χ1v) is 6.88. The Kier molecular flexibility index (Phi) is 4.59. The summed E-state index contributed by atoms with van der Waals surface area (Å²) in [7, 11) is 1.95. The zero-order valence-electron chi connectivity index (χ0n) is 11.2. The maximum Gasteiger partial charge on any atom is 0.127 e. The molecule has 2 nitrogen and oxygen atoms in total. The first-order valence-electron chi connectivity index (χ1n) is 6.88. The van der Waals surface area contributed by atoms with Gasteiger partial charge in [-0.15, -0.1) is 0 Å². The molecule has 1 aliphatic rings. The Morgan fingerprint density at radius 3 is 2.94 bits per heavy atom. The molecule has 0 bridgehead atoms. The van der Waals surface area contributed by atoms with Gasteiger partial charge >= 0.3 is 0 Å². The van der Waals surface area contributed by atoms with Crippen LogP contribution in [0.5, 0.6) is 5.75 Å². The van der Waals surface area contributed by atoms with E-state index < -0.39 is 0 Å². The van der Waals surface area contributed by atoms with E-state index in [-0.39, 0.29) is 18.0 Å². The number of benzene rings is 1. The van der Waals surface area contributed by atoms with Crippen molar-refractivity contribution in [3.63, 3.8) is 0 Å². The predicted molar refractivity (Wildman–Crippen MR) is 71.4 cm³/mol. The van der Waals surface area contributed by atoms with E-state index in [1.165, 1.54) is 31.4 Å². The minimum absolute atomic E-state index is 0.211. The topological polar surface area (TPSA) is 21.3 Å². The van der Waals surface area contributed by atoms with Gasteiger partial charge in [0.25, 0.3) is 0 Å². The van der Waals surface area contributed by atoms with E-state index in [1.807, 2.05) is 13.1 Å². The molecule has 0 saturated carbocycles. The SMILES string of the molecule is CCCCCC1CC(NC)c2ccc(F)cc2O1. The molecular formula is C15H22FNO. The number of rotatable bonds is 5. The normalized spacial score (nSPS) is 22.4. The predicted octanol–water partition coefficient (Wildman–Crippen LogP) is 3.82. The third-order valence-electron chi connectivity index (χ3n) is 3.62. The lowest BCUT2D eigenvalue weighted by Crippen LogP contribution is -2.31. The summed E-state index contributed by atoms with van der Waals surface area (Å²) in [6, 6.07) is 5.12. The van der Waals surface area contributed by atoms with Crippen LogP contribution in [-0.2, 0) is 0 Å². The summed E-state index contributed by atoms with van der Waals surface area (Å²) in [5.41, 5.74) is 1.07. The van der Waals surface area contributed by atoms with Gasteiger partial charge in [0, 0.05) is 24.1 Å². The Morgan fingerprint density at radius 1 is 1.39 bits per heavy atom. The van der Waals surface area contributed by atoms with Crippen molar-refractivity contribution in [3.8, 4) is 5.75 Å². The molecule has 100 valence electrons. The average Bonchev–Trinajstić information content (AvgIpc) is 2.37. The number of ether oxygens (including phenoxy) is 1. The van der Waals surface area contributed by atoms with Gasteiger partial charge < -0.3 is 10.1 Å². The number of fused-ring (bicyclic) bond motifs is 1. The lowest BCUT2D eigenvalue weighted by atomic mass is 9.94. The van der Waals surface area contributed by atoms with Crippen molar-refractivity contribution in [1.82, 2.24) is 5.32 Å². The van der Waals surface area contributed by atoms with Crippen molar-refractivity contribution < 1.29 is 9.13 Å². The number of unbranched alkanes of at least 4 members (excludes halogenated alkanes) is 2. The van der Waals surface area contributed by atoms with E-state index in [4.69, 9.17) is 4.74 Å². The van der Waals surface area contributed by atoms with Crippen LogP contribution in [0.4, 0.5) is 4.39 Å². The first-order chi connectivity index (χ1) is 8.74. The van der Waals surface area contributed by atoms with Crippen LogP contribution >= 0.6 is 0 Å². The smallest absolute Gasteiger partial charge is 0.127 e. The lowest BCUT2D eigenvalue weighted by Gasteiger charge is -2.32. The number of halogens is 1. The van der Waals surface area contributed by atoms with Crippen molar-refractivity contribution >= 4 is 0 Å². The molecule has 0 aromatic heterocycles. The van der Waals surface area contributed by atoms with Crippen LogP contribution in [0.2, 0.25) is 0 Å². The molecular weight excluding hydrogens is 229 g/mol. The summed E-state index contributed by atoms with van der Waals surface area (Å²) in [6.07, 6.45) is 5.87. The van der Waals surface area contributed by atoms with Crippen molar-refractivity contribution in [2.45, 2.75) is 51.2 Å². The molecule has 0 radical (unpaired) electrons. The molecule has 0 amide bonds. The van der Waals surface area contributed by atoms with Gasteiger partial charge in [0.1, 0.15) is 17.7 Å². The lowest BCUT2D eigenvalue weighted by molar-refractivity contribution is 0.139. The van der Waals surface area contributed by atoms with Crippen molar-refractivity contribution in [3.05, 3.63) is 29.6 Å². The zero-order valence-corrected chi connectivity index (χ0v) is 11.2. The van der Waals surface area contributed by atoms with Crippen LogP contribution in [0, 0.1) is 5.82 Å². The molecule has 1 aliphatic heterocycles. The average molecular weight is 251 g/mol. The molecule has 2 rings (SSSR count). The summed E-state index contributed by atoms with van der Waals surface area (Å²) in [5, 5.41) is 3.30. The minimum Gasteiger partial charge on any atom is -0.490 e. The molecule has 0 saturated heterocycles. The van der Waals surface area contributed by atoms with E-state index in [2.05, 4.69) is 12.2 Å². The summed E-state index contributed by atoms with van der Waals surface area (Å²) in [4.78, 5) is 0. The van der Waals surface area contributed by atoms with E-state index in [1.54, 1.807) is 0 Å². The Morgan fingerprint density at radius 2 is 2.22 bits per heavy atom. The molecule has 1 aromatic rings. The van der Waals surface area contributed by atoms with Crippen LogP contribution in [0.25, 0.3) is 0 Å². The molecule has 1 heterocycles. The van der Waals surface area contributed by atoms with E-state index in [0.717, 1.165) is 18.4 Å².